The number of nitrogens with two attached hydrogens (primary N) is 1. The number of hydrogen-bond acceptors (Lipinski definition) is 7. The summed E-state index contributed by atoms with van der Waals surface area (Å²) in [4.78, 5) is 33.9. The zero-order chi connectivity index (χ0) is 23.5. The normalized spacial score (nSPS) is 13.8. The summed E-state index contributed by atoms with van der Waals surface area (Å²) in [5.74, 6) is -1.19. The van der Waals surface area contributed by atoms with Gasteiger partial charge in [-0.05, 0) is 25.7 Å². The Bertz CT molecular complexity index is 496. The molecular weight excluding hydrogens is 398 g/mol. The van der Waals surface area contributed by atoms with E-state index in [1.54, 1.807) is 0 Å². The average molecular weight is 444 g/mol. The van der Waals surface area contributed by atoms with Crippen molar-refractivity contribution in [1.29, 1.82) is 0 Å². The lowest BCUT2D eigenvalue weighted by atomic mass is 10.00. The Labute approximate surface area is 188 Å². The maximum absolute atomic E-state index is 11.5. The Kier molecular flexibility index (Phi) is 18.1. The third-order valence-corrected chi connectivity index (χ3v) is 5.26. The SMILES string of the molecule is CCCCCCCCCCCC[C@H](CC[C@@H](OC(C)=O)[C@H](N)COC(C)=O)OC(C)=O. The maximum atomic E-state index is 11.5. The first kappa shape index (κ1) is 29.4. The van der Waals surface area contributed by atoms with Crippen LogP contribution in [0.1, 0.15) is 111 Å². The Hall–Kier alpha value is -1.63. The van der Waals surface area contributed by atoms with Crippen LogP contribution in [0.4, 0.5) is 0 Å². The quantitative estimate of drug-likeness (QED) is 0.173. The van der Waals surface area contributed by atoms with E-state index in [4.69, 9.17) is 19.9 Å². The van der Waals surface area contributed by atoms with Gasteiger partial charge in [0, 0.05) is 20.8 Å². The van der Waals surface area contributed by atoms with Gasteiger partial charge < -0.3 is 19.9 Å². The van der Waals surface area contributed by atoms with Crippen LogP contribution in [-0.2, 0) is 28.6 Å². The van der Waals surface area contributed by atoms with Crippen molar-refractivity contribution in [2.24, 2.45) is 5.73 Å². The second kappa shape index (κ2) is 19.1. The van der Waals surface area contributed by atoms with Crippen LogP contribution in [-0.4, -0.2) is 42.8 Å². The van der Waals surface area contributed by atoms with Gasteiger partial charge in [-0.1, -0.05) is 64.7 Å². The van der Waals surface area contributed by atoms with Gasteiger partial charge in [-0.15, -0.1) is 0 Å². The Balaban J connectivity index is 4.31. The van der Waals surface area contributed by atoms with Gasteiger partial charge in [0.25, 0.3) is 0 Å². The van der Waals surface area contributed by atoms with E-state index >= 15 is 0 Å². The van der Waals surface area contributed by atoms with Gasteiger partial charge in [0.05, 0.1) is 6.04 Å². The zero-order valence-corrected chi connectivity index (χ0v) is 20.2. The molecule has 7 nitrogen and oxygen atoms in total. The molecule has 0 radical (unpaired) electrons. The highest BCUT2D eigenvalue weighted by Gasteiger charge is 2.24. The molecule has 0 aliphatic heterocycles. The summed E-state index contributed by atoms with van der Waals surface area (Å²) in [5.41, 5.74) is 6.05. The first-order valence-electron chi connectivity index (χ1n) is 12.0. The summed E-state index contributed by atoms with van der Waals surface area (Å²) in [6.45, 7) is 6.23. The standard InChI is InChI=1S/C24H45NO6/c1-5-6-7-8-9-10-11-12-13-14-15-22(30-20(3)27)16-17-24(31-21(4)28)23(25)18-29-19(2)26/h22-24H,5-18,25H2,1-4H3/t22-,23-,24-/m1/s1. The van der Waals surface area contributed by atoms with Crippen LogP contribution in [0.2, 0.25) is 0 Å². The van der Waals surface area contributed by atoms with Crippen LogP contribution in [0, 0.1) is 0 Å². The van der Waals surface area contributed by atoms with E-state index in [-0.39, 0.29) is 18.7 Å². The molecule has 0 amide bonds. The second-order valence-electron chi connectivity index (χ2n) is 8.39. The summed E-state index contributed by atoms with van der Waals surface area (Å²) in [5, 5.41) is 0. The minimum atomic E-state index is -0.622. The summed E-state index contributed by atoms with van der Waals surface area (Å²) in [7, 11) is 0. The van der Waals surface area contributed by atoms with E-state index in [2.05, 4.69) is 6.92 Å². The van der Waals surface area contributed by atoms with Crippen LogP contribution >= 0.6 is 0 Å². The molecule has 2 N–H and O–H groups in total. The van der Waals surface area contributed by atoms with Crippen molar-refractivity contribution in [3.05, 3.63) is 0 Å². The van der Waals surface area contributed by atoms with Crippen LogP contribution in [0.5, 0.6) is 0 Å². The molecule has 0 rings (SSSR count). The molecular formula is C24H45NO6. The molecule has 0 aromatic carbocycles. The average Bonchev–Trinajstić information content (AvgIpc) is 2.69. The molecule has 0 heterocycles. The Morgan fingerprint density at radius 3 is 1.68 bits per heavy atom. The summed E-state index contributed by atoms with van der Waals surface area (Å²) in [6, 6.07) is -0.622. The highest BCUT2D eigenvalue weighted by molar-refractivity contribution is 5.67. The number of rotatable bonds is 19. The number of carbonyl (C=O) groups is 3. The molecule has 0 spiro atoms. The first-order chi connectivity index (χ1) is 14.8. The van der Waals surface area contributed by atoms with Crippen LogP contribution < -0.4 is 5.73 Å². The highest BCUT2D eigenvalue weighted by Crippen LogP contribution is 2.18. The van der Waals surface area contributed by atoms with E-state index in [9.17, 15) is 14.4 Å². The first-order valence-corrected chi connectivity index (χ1v) is 12.0. The predicted molar refractivity (Wildman–Crippen MR) is 121 cm³/mol. The predicted octanol–water partition coefficient (Wildman–Crippen LogP) is 4.83. The van der Waals surface area contributed by atoms with Crippen molar-refractivity contribution < 1.29 is 28.6 Å². The minimum Gasteiger partial charge on any atom is -0.464 e. The van der Waals surface area contributed by atoms with Crippen molar-refractivity contribution in [2.45, 2.75) is 129 Å². The zero-order valence-electron chi connectivity index (χ0n) is 20.2. The van der Waals surface area contributed by atoms with Crippen LogP contribution in [0.15, 0.2) is 0 Å². The summed E-state index contributed by atoms with van der Waals surface area (Å²) >= 11 is 0. The van der Waals surface area contributed by atoms with E-state index in [1.807, 2.05) is 0 Å². The minimum absolute atomic E-state index is 0.0239. The van der Waals surface area contributed by atoms with Crippen molar-refractivity contribution in [3.8, 4) is 0 Å². The fourth-order valence-electron chi connectivity index (χ4n) is 3.60. The lowest BCUT2D eigenvalue weighted by Gasteiger charge is -2.25. The number of ether oxygens (including phenoxy) is 3. The molecule has 3 atom stereocenters. The van der Waals surface area contributed by atoms with Gasteiger partial charge in [0.2, 0.25) is 0 Å². The summed E-state index contributed by atoms with van der Waals surface area (Å²) in [6.07, 6.45) is 13.4. The highest BCUT2D eigenvalue weighted by atomic mass is 16.6. The van der Waals surface area contributed by atoms with Crippen LogP contribution in [0.25, 0.3) is 0 Å². The smallest absolute Gasteiger partial charge is 0.302 e. The molecule has 0 aliphatic rings. The van der Waals surface area contributed by atoms with Gasteiger partial charge in [-0.3, -0.25) is 14.4 Å². The van der Waals surface area contributed by atoms with Gasteiger partial charge in [-0.2, -0.15) is 0 Å². The van der Waals surface area contributed by atoms with Crippen molar-refractivity contribution in [3.63, 3.8) is 0 Å². The van der Waals surface area contributed by atoms with Crippen LogP contribution in [0.3, 0.4) is 0 Å². The second-order valence-corrected chi connectivity index (χ2v) is 8.39. The largest absolute Gasteiger partial charge is 0.464 e. The molecule has 0 unspecified atom stereocenters. The van der Waals surface area contributed by atoms with E-state index in [0.29, 0.717) is 12.8 Å². The number of carbonyl (C=O) groups excluding carboxylic acids is 3. The molecule has 0 bridgehead atoms. The molecule has 182 valence electrons. The summed E-state index contributed by atoms with van der Waals surface area (Å²) < 4.78 is 15.7. The third kappa shape index (κ3) is 18.8. The maximum Gasteiger partial charge on any atom is 0.302 e. The van der Waals surface area contributed by atoms with Crippen molar-refractivity contribution in [2.75, 3.05) is 6.61 Å². The Morgan fingerprint density at radius 2 is 1.19 bits per heavy atom. The topological polar surface area (TPSA) is 105 Å². The molecule has 0 fully saturated rings. The van der Waals surface area contributed by atoms with Gasteiger partial charge in [0.1, 0.15) is 18.8 Å². The van der Waals surface area contributed by atoms with Crippen molar-refractivity contribution >= 4 is 17.9 Å². The number of unbranched alkanes of at least 4 members (excludes halogenated alkanes) is 9. The fraction of sp³-hybridized carbons (Fsp3) is 0.875. The fourth-order valence-corrected chi connectivity index (χ4v) is 3.60. The molecule has 0 aromatic heterocycles. The lowest BCUT2D eigenvalue weighted by Crippen LogP contribution is -2.42. The monoisotopic (exact) mass is 443 g/mol. The number of hydrogen-bond donors (Lipinski definition) is 1. The van der Waals surface area contributed by atoms with E-state index in [1.165, 1.54) is 72.1 Å². The molecule has 7 heteroatoms. The molecule has 0 saturated carbocycles. The van der Waals surface area contributed by atoms with Crippen molar-refractivity contribution in [1.82, 2.24) is 0 Å². The third-order valence-electron chi connectivity index (χ3n) is 5.26. The lowest BCUT2D eigenvalue weighted by molar-refractivity contribution is -0.153. The Morgan fingerprint density at radius 1 is 0.677 bits per heavy atom. The molecule has 31 heavy (non-hydrogen) atoms. The van der Waals surface area contributed by atoms with E-state index < -0.39 is 24.1 Å². The molecule has 0 aliphatic carbocycles. The number of esters is 3. The van der Waals surface area contributed by atoms with E-state index in [0.717, 1.165) is 19.3 Å². The van der Waals surface area contributed by atoms with Gasteiger partial charge in [0.15, 0.2) is 0 Å². The van der Waals surface area contributed by atoms with Gasteiger partial charge in [-0.25, -0.2) is 0 Å². The van der Waals surface area contributed by atoms with Gasteiger partial charge >= 0.3 is 17.9 Å². The molecule has 0 saturated heterocycles. The molecule has 0 aromatic rings.